The predicted molar refractivity (Wildman–Crippen MR) is 84.0 cm³/mol. The van der Waals surface area contributed by atoms with Crippen LogP contribution >= 0.6 is 24.6 Å². The number of hydrazine groups is 1. The third-order valence-electron chi connectivity index (χ3n) is 2.10. The minimum absolute atomic E-state index is 0. The minimum atomic E-state index is 0. The molecule has 0 aliphatic rings. The van der Waals surface area contributed by atoms with Gasteiger partial charge in [0, 0.05) is 0 Å². The highest BCUT2D eigenvalue weighted by Crippen LogP contribution is 2.10. The summed E-state index contributed by atoms with van der Waals surface area (Å²) in [6.07, 6.45) is 0. The van der Waals surface area contributed by atoms with Crippen molar-refractivity contribution in [3.63, 3.8) is 0 Å². The lowest BCUT2D eigenvalue weighted by atomic mass is 10.3. The van der Waals surface area contributed by atoms with E-state index in [1.54, 1.807) is 0 Å². The molecule has 0 aliphatic carbocycles. The summed E-state index contributed by atoms with van der Waals surface area (Å²) in [5, 5.41) is 8.17. The van der Waals surface area contributed by atoms with Gasteiger partial charge in [-0.05, 0) is 36.5 Å². The number of anilines is 1. The van der Waals surface area contributed by atoms with E-state index in [1.165, 1.54) is 0 Å². The largest absolute Gasteiger partial charge is 0.299 e. The number of hydrogen-bond acceptors (Lipinski definition) is 3. The molecule has 0 amide bonds. The van der Waals surface area contributed by atoms with Crippen LogP contribution in [0.3, 0.4) is 0 Å². The summed E-state index contributed by atoms with van der Waals surface area (Å²) in [5.74, 6) is 0. The second-order valence-corrected chi connectivity index (χ2v) is 3.84. The second kappa shape index (κ2) is 8.18. The summed E-state index contributed by atoms with van der Waals surface area (Å²) < 4.78 is 0. The summed E-state index contributed by atoms with van der Waals surface area (Å²) in [6, 6.07) is 19.1. The van der Waals surface area contributed by atoms with Crippen molar-refractivity contribution in [1.82, 2.24) is 5.43 Å². The average molecular weight is 293 g/mol. The topological polar surface area (TPSA) is 48.8 Å². The number of azo groups is 1. The molecule has 0 spiro atoms. The highest BCUT2D eigenvalue weighted by Gasteiger charge is 1.93. The predicted octanol–water partition coefficient (Wildman–Crippen LogP) is 4.09. The fourth-order valence-corrected chi connectivity index (χ4v) is 1.36. The van der Waals surface area contributed by atoms with Crippen molar-refractivity contribution in [2.75, 3.05) is 5.43 Å². The first-order valence-corrected chi connectivity index (χ1v) is 5.83. The number of thiocarbonyl (C=S) groups is 1. The molecule has 0 fully saturated rings. The number of rotatable bonds is 3. The van der Waals surface area contributed by atoms with E-state index in [0.717, 1.165) is 11.4 Å². The summed E-state index contributed by atoms with van der Waals surface area (Å²) in [6.45, 7) is 0. The third-order valence-corrected chi connectivity index (χ3v) is 2.28. The number of hydrogen-bond donors (Lipinski definition) is 2. The second-order valence-electron chi connectivity index (χ2n) is 3.46. The van der Waals surface area contributed by atoms with Crippen LogP contribution in [0.2, 0.25) is 0 Å². The van der Waals surface area contributed by atoms with Crippen LogP contribution in [0.4, 0.5) is 11.4 Å². The van der Waals surface area contributed by atoms with Gasteiger partial charge in [-0.2, -0.15) is 0 Å². The Morgan fingerprint density at radius 2 is 1.47 bits per heavy atom. The Labute approximate surface area is 123 Å². The molecule has 98 valence electrons. The van der Waals surface area contributed by atoms with E-state index in [9.17, 15) is 0 Å². The smallest absolute Gasteiger partial charge is 0.232 e. The molecule has 0 atom stereocenters. The highest BCUT2D eigenvalue weighted by molar-refractivity contribution is 7.80. The maximum atomic E-state index is 5.02. The van der Waals surface area contributed by atoms with Gasteiger partial charge < -0.3 is 0 Å². The molecule has 2 aromatic carbocycles. The van der Waals surface area contributed by atoms with Gasteiger partial charge in [0.25, 0.3) is 0 Å². The zero-order valence-corrected chi connectivity index (χ0v) is 11.6. The number of nitrogens with zero attached hydrogens (tertiary/aromatic N) is 2. The van der Waals surface area contributed by atoms with Crippen LogP contribution in [0.5, 0.6) is 0 Å². The Hall–Kier alpha value is -1.98. The first-order valence-electron chi connectivity index (χ1n) is 5.42. The lowest BCUT2D eigenvalue weighted by Gasteiger charge is -2.06. The van der Waals surface area contributed by atoms with E-state index in [-0.39, 0.29) is 17.5 Å². The average Bonchev–Trinajstić information content (AvgIpc) is 2.45. The van der Waals surface area contributed by atoms with Crippen LogP contribution in [-0.2, 0) is 0 Å². The standard InChI is InChI=1S/C13H12N4S.ClH/c18-13(16-14-11-7-3-1-4-8-11)17-15-12-9-5-2-6-10-12;/h1-10,14H,(H,16,18);1H/b17-15+;. The van der Waals surface area contributed by atoms with Gasteiger partial charge in [0.15, 0.2) is 0 Å². The van der Waals surface area contributed by atoms with Gasteiger partial charge in [-0.1, -0.05) is 36.4 Å². The molecule has 19 heavy (non-hydrogen) atoms. The van der Waals surface area contributed by atoms with Crippen LogP contribution < -0.4 is 10.9 Å². The Kier molecular flexibility index (Phi) is 6.49. The van der Waals surface area contributed by atoms with Crippen LogP contribution in [0.15, 0.2) is 70.9 Å². The van der Waals surface area contributed by atoms with E-state index >= 15 is 0 Å². The quantitative estimate of drug-likeness (QED) is 0.509. The van der Waals surface area contributed by atoms with Gasteiger partial charge in [0.05, 0.1) is 11.4 Å². The van der Waals surface area contributed by atoms with Gasteiger partial charge in [-0.15, -0.1) is 22.6 Å². The van der Waals surface area contributed by atoms with E-state index in [0.29, 0.717) is 0 Å². The maximum absolute atomic E-state index is 5.02. The number of halogens is 1. The third kappa shape index (κ3) is 5.46. The van der Waals surface area contributed by atoms with Crippen molar-refractivity contribution >= 4 is 41.1 Å². The molecule has 0 saturated carbocycles. The zero-order chi connectivity index (χ0) is 12.6. The Morgan fingerprint density at radius 3 is 2.11 bits per heavy atom. The highest BCUT2D eigenvalue weighted by atomic mass is 35.5. The molecule has 6 heteroatoms. The molecule has 2 N–H and O–H groups in total. The molecule has 2 aromatic rings. The van der Waals surface area contributed by atoms with Crippen molar-refractivity contribution in [2.45, 2.75) is 0 Å². The monoisotopic (exact) mass is 292 g/mol. The molecule has 4 nitrogen and oxygen atoms in total. The van der Waals surface area contributed by atoms with Crippen LogP contribution in [-0.4, -0.2) is 5.11 Å². The molecule has 2 rings (SSSR count). The summed E-state index contributed by atoms with van der Waals surface area (Å²) >= 11 is 5.02. The van der Waals surface area contributed by atoms with Crippen molar-refractivity contribution in [2.24, 2.45) is 10.2 Å². The fraction of sp³-hybridized carbons (Fsp3) is 0. The van der Waals surface area contributed by atoms with Crippen molar-refractivity contribution in [3.8, 4) is 0 Å². The maximum Gasteiger partial charge on any atom is 0.232 e. The lowest BCUT2D eigenvalue weighted by Crippen LogP contribution is -2.25. The molecule has 0 bridgehead atoms. The van der Waals surface area contributed by atoms with Crippen molar-refractivity contribution in [1.29, 1.82) is 0 Å². The summed E-state index contributed by atoms with van der Waals surface area (Å²) in [5.41, 5.74) is 7.40. The van der Waals surface area contributed by atoms with Gasteiger partial charge in [0.1, 0.15) is 0 Å². The van der Waals surface area contributed by atoms with E-state index in [2.05, 4.69) is 21.1 Å². The Balaban J connectivity index is 0.00000180. The fourth-order valence-electron chi connectivity index (χ4n) is 1.27. The number of para-hydroxylation sites is 1. The van der Waals surface area contributed by atoms with E-state index < -0.39 is 0 Å². The SMILES string of the molecule is Cl.S=C(/N=N/c1ccccc1)NNc1ccccc1. The van der Waals surface area contributed by atoms with Crippen molar-refractivity contribution < 1.29 is 0 Å². The molecular weight excluding hydrogens is 280 g/mol. The number of benzene rings is 2. The first-order chi connectivity index (χ1) is 8.84. The van der Waals surface area contributed by atoms with Gasteiger partial charge in [0.2, 0.25) is 5.11 Å². The molecule has 0 unspecified atom stereocenters. The van der Waals surface area contributed by atoms with Crippen LogP contribution in [0.25, 0.3) is 0 Å². The van der Waals surface area contributed by atoms with E-state index in [1.807, 2.05) is 60.7 Å². The molecule has 0 radical (unpaired) electrons. The summed E-state index contributed by atoms with van der Waals surface area (Å²) in [7, 11) is 0. The Bertz CT molecular complexity index is 531. The van der Waals surface area contributed by atoms with Crippen LogP contribution in [0.1, 0.15) is 0 Å². The van der Waals surface area contributed by atoms with E-state index in [4.69, 9.17) is 12.2 Å². The van der Waals surface area contributed by atoms with Gasteiger partial charge >= 0.3 is 0 Å². The molecule has 0 saturated heterocycles. The first kappa shape index (κ1) is 15.1. The molecule has 0 heterocycles. The van der Waals surface area contributed by atoms with Gasteiger partial charge in [-0.3, -0.25) is 10.9 Å². The molecule has 0 aliphatic heterocycles. The molecular formula is C13H13ClN4S. The molecule has 0 aromatic heterocycles. The minimum Gasteiger partial charge on any atom is -0.299 e. The van der Waals surface area contributed by atoms with Gasteiger partial charge in [-0.25, -0.2) is 0 Å². The van der Waals surface area contributed by atoms with Crippen molar-refractivity contribution in [3.05, 3.63) is 60.7 Å². The Morgan fingerprint density at radius 1 is 0.895 bits per heavy atom. The number of nitrogens with one attached hydrogen (secondary N) is 2. The zero-order valence-electron chi connectivity index (χ0n) is 9.98. The normalized spacial score (nSPS) is 9.68. The lowest BCUT2D eigenvalue weighted by molar-refractivity contribution is 1.10. The van der Waals surface area contributed by atoms with Crippen LogP contribution in [0, 0.1) is 0 Å². The summed E-state index contributed by atoms with van der Waals surface area (Å²) in [4.78, 5) is 0.